The highest BCUT2D eigenvalue weighted by Crippen LogP contribution is 2.33. The summed E-state index contributed by atoms with van der Waals surface area (Å²) in [6, 6.07) is 1.95. The minimum absolute atomic E-state index is 0.0393. The summed E-state index contributed by atoms with van der Waals surface area (Å²) in [6.07, 6.45) is 2.55. The number of nitrogens with zero attached hydrogens (tertiary/aromatic N) is 2. The molecule has 0 saturated carbocycles. The Balaban J connectivity index is 2.28. The van der Waals surface area contributed by atoms with Crippen LogP contribution in [-0.2, 0) is 11.0 Å². The fraction of sp³-hybridized carbons (Fsp3) is 0.615. The van der Waals surface area contributed by atoms with Gasteiger partial charge in [-0.3, -0.25) is 0 Å². The lowest BCUT2D eigenvalue weighted by Crippen LogP contribution is -2.40. The molecule has 2 rings (SSSR count). The lowest BCUT2D eigenvalue weighted by Gasteiger charge is -2.33. The molecule has 106 valence electrons. The molecule has 2 atom stereocenters. The quantitative estimate of drug-likeness (QED) is 0.913. The molecule has 0 amide bonds. The first-order chi connectivity index (χ1) is 8.79. The minimum atomic E-state index is -1.10. The molecule has 0 radical (unpaired) electrons. The Kier molecular flexibility index (Phi) is 4.18. The Hall–Kier alpha value is -0.650. The third-order valence-corrected chi connectivity index (χ3v) is 4.98. The highest BCUT2D eigenvalue weighted by molar-refractivity contribution is 7.84. The van der Waals surface area contributed by atoms with Crippen LogP contribution in [0.25, 0.3) is 0 Å². The van der Waals surface area contributed by atoms with E-state index in [1.165, 1.54) is 0 Å². The molecule has 2 heterocycles. The van der Waals surface area contributed by atoms with Gasteiger partial charge in [-0.05, 0) is 33.3 Å². The summed E-state index contributed by atoms with van der Waals surface area (Å²) in [4.78, 5) is 6.48. The number of aromatic nitrogens is 1. The smallest absolute Gasteiger partial charge is 0.133 e. The second kappa shape index (κ2) is 5.38. The van der Waals surface area contributed by atoms with Gasteiger partial charge in [-0.25, -0.2) is 13.9 Å². The Labute approximate surface area is 122 Å². The van der Waals surface area contributed by atoms with E-state index in [9.17, 15) is 4.21 Å². The molecule has 19 heavy (non-hydrogen) atoms. The predicted octanol–water partition coefficient (Wildman–Crippen LogP) is 2.67. The average molecular weight is 302 g/mol. The molecule has 0 spiro atoms. The second-order valence-electron chi connectivity index (χ2n) is 5.83. The molecular weight excluding hydrogens is 282 g/mol. The van der Waals surface area contributed by atoms with Gasteiger partial charge in [0.1, 0.15) is 5.82 Å². The summed E-state index contributed by atoms with van der Waals surface area (Å²) >= 11 is 6.03. The third-order valence-electron chi connectivity index (χ3n) is 3.16. The van der Waals surface area contributed by atoms with Gasteiger partial charge in [-0.1, -0.05) is 11.6 Å². The molecule has 0 saturated heterocycles. The van der Waals surface area contributed by atoms with Gasteiger partial charge in [0.05, 0.1) is 20.8 Å². The zero-order valence-corrected chi connectivity index (χ0v) is 13.3. The number of halogens is 1. The van der Waals surface area contributed by atoms with E-state index >= 15 is 0 Å². The van der Waals surface area contributed by atoms with E-state index in [4.69, 9.17) is 11.6 Å². The molecule has 4 nitrogen and oxygen atoms in total. The first-order valence-electron chi connectivity index (χ1n) is 6.33. The van der Waals surface area contributed by atoms with E-state index in [0.717, 1.165) is 24.3 Å². The van der Waals surface area contributed by atoms with E-state index in [1.54, 1.807) is 6.20 Å². The van der Waals surface area contributed by atoms with Crippen molar-refractivity contribution in [1.82, 2.24) is 9.71 Å². The van der Waals surface area contributed by atoms with Gasteiger partial charge in [-0.15, -0.1) is 0 Å². The molecule has 1 aliphatic rings. The van der Waals surface area contributed by atoms with Crippen molar-refractivity contribution in [3.63, 3.8) is 0 Å². The first kappa shape index (κ1) is 14.8. The van der Waals surface area contributed by atoms with Gasteiger partial charge in [-0.2, -0.15) is 0 Å². The average Bonchev–Trinajstić information content (AvgIpc) is 2.31. The number of pyridine rings is 1. The number of hydrogen-bond donors (Lipinski definition) is 1. The number of rotatable bonds is 2. The topological polar surface area (TPSA) is 45.2 Å². The summed E-state index contributed by atoms with van der Waals surface area (Å²) in [5, 5.41) is 0.613. The van der Waals surface area contributed by atoms with E-state index in [1.807, 2.05) is 33.9 Å². The number of fused-ring (bicyclic) bond motifs is 1. The number of hydrogen-bond acceptors (Lipinski definition) is 3. The minimum Gasteiger partial charge on any atom is -0.359 e. The molecule has 0 unspecified atom stereocenters. The van der Waals surface area contributed by atoms with Crippen molar-refractivity contribution in [3.8, 4) is 0 Å². The maximum Gasteiger partial charge on any atom is 0.133 e. The van der Waals surface area contributed by atoms with Gasteiger partial charge < -0.3 is 4.90 Å². The van der Waals surface area contributed by atoms with Gasteiger partial charge >= 0.3 is 0 Å². The summed E-state index contributed by atoms with van der Waals surface area (Å²) in [5.74, 6) is 0.916. The van der Waals surface area contributed by atoms with Crippen LogP contribution in [0.3, 0.4) is 0 Å². The molecule has 0 aliphatic carbocycles. The fourth-order valence-electron chi connectivity index (χ4n) is 2.04. The Morgan fingerprint density at radius 3 is 2.84 bits per heavy atom. The second-order valence-corrected chi connectivity index (χ2v) is 8.26. The van der Waals surface area contributed by atoms with Crippen LogP contribution in [0.4, 0.5) is 5.82 Å². The van der Waals surface area contributed by atoms with Crippen LogP contribution in [0.1, 0.15) is 38.8 Å². The lowest BCUT2D eigenvalue weighted by molar-refractivity contribution is 0.549. The summed E-state index contributed by atoms with van der Waals surface area (Å²) in [5.41, 5.74) is 1.03. The summed E-state index contributed by atoms with van der Waals surface area (Å²) in [7, 11) is 0.911. The number of anilines is 1. The highest BCUT2D eigenvalue weighted by Gasteiger charge is 2.29. The maximum absolute atomic E-state index is 12.2. The highest BCUT2D eigenvalue weighted by atomic mass is 35.5. The largest absolute Gasteiger partial charge is 0.359 e. The standard InChI is InChI=1S/C13H20ClN3OS/c1-13(2,3)19(18)16-11-5-6-17(4)12-10(11)7-9(14)8-15-12/h7-8,11,16H,5-6H2,1-4H3/t11-,19-/m0/s1. The van der Waals surface area contributed by atoms with E-state index in [-0.39, 0.29) is 10.8 Å². The molecular formula is C13H20ClN3OS. The van der Waals surface area contributed by atoms with E-state index in [0.29, 0.717) is 5.02 Å². The lowest BCUT2D eigenvalue weighted by atomic mass is 10.0. The van der Waals surface area contributed by atoms with Crippen LogP contribution < -0.4 is 9.62 Å². The normalized spacial score (nSPS) is 21.1. The zero-order chi connectivity index (χ0) is 14.2. The van der Waals surface area contributed by atoms with Crippen LogP contribution in [0.2, 0.25) is 5.02 Å². The van der Waals surface area contributed by atoms with Crippen LogP contribution in [-0.4, -0.2) is 27.5 Å². The van der Waals surface area contributed by atoms with Crippen LogP contribution in [0.5, 0.6) is 0 Å². The van der Waals surface area contributed by atoms with E-state index in [2.05, 4.69) is 14.6 Å². The Morgan fingerprint density at radius 1 is 1.53 bits per heavy atom. The SMILES string of the molecule is CN1CC[C@H](N[S@@](=O)C(C)(C)C)c2cc(Cl)cnc21. The fourth-order valence-corrected chi connectivity index (χ4v) is 3.06. The number of nitrogens with one attached hydrogen (secondary N) is 1. The van der Waals surface area contributed by atoms with E-state index < -0.39 is 11.0 Å². The summed E-state index contributed by atoms with van der Waals surface area (Å²) in [6.45, 7) is 6.77. The van der Waals surface area contributed by atoms with Crippen LogP contribution in [0.15, 0.2) is 12.3 Å². The molecule has 6 heteroatoms. The third kappa shape index (κ3) is 3.27. The van der Waals surface area contributed by atoms with Gasteiger partial charge in [0.2, 0.25) is 0 Å². The van der Waals surface area contributed by atoms with Crippen molar-refractivity contribution >= 4 is 28.4 Å². The molecule has 1 aromatic rings. The first-order valence-corrected chi connectivity index (χ1v) is 7.86. The van der Waals surface area contributed by atoms with Gasteiger partial charge in [0.25, 0.3) is 0 Å². The molecule has 1 N–H and O–H groups in total. The van der Waals surface area contributed by atoms with Crippen molar-refractivity contribution in [3.05, 3.63) is 22.8 Å². The molecule has 1 aliphatic heterocycles. The van der Waals surface area contributed by atoms with Crippen molar-refractivity contribution in [2.75, 3.05) is 18.5 Å². The maximum atomic E-state index is 12.2. The van der Waals surface area contributed by atoms with Crippen LogP contribution >= 0.6 is 11.6 Å². The molecule has 0 aromatic carbocycles. The van der Waals surface area contributed by atoms with Crippen LogP contribution in [0, 0.1) is 0 Å². The monoisotopic (exact) mass is 301 g/mol. The molecule has 1 aromatic heterocycles. The van der Waals surface area contributed by atoms with Crippen molar-refractivity contribution in [2.24, 2.45) is 0 Å². The van der Waals surface area contributed by atoms with Crippen molar-refractivity contribution < 1.29 is 4.21 Å². The van der Waals surface area contributed by atoms with Gasteiger partial charge in [0.15, 0.2) is 0 Å². The Bertz CT molecular complexity index is 501. The molecule has 0 fully saturated rings. The van der Waals surface area contributed by atoms with Gasteiger partial charge in [0, 0.05) is 31.4 Å². The zero-order valence-electron chi connectivity index (χ0n) is 11.7. The van der Waals surface area contributed by atoms with Crippen molar-refractivity contribution in [2.45, 2.75) is 38.0 Å². The Morgan fingerprint density at radius 2 is 2.21 bits per heavy atom. The van der Waals surface area contributed by atoms with Crippen molar-refractivity contribution in [1.29, 1.82) is 0 Å². The predicted molar refractivity (Wildman–Crippen MR) is 80.9 cm³/mol. The molecule has 0 bridgehead atoms. The summed E-state index contributed by atoms with van der Waals surface area (Å²) < 4.78 is 15.2.